The van der Waals surface area contributed by atoms with Crippen LogP contribution < -0.4 is 0 Å². The Hall–Kier alpha value is -0.420. The van der Waals surface area contributed by atoms with Crippen LogP contribution in [0.2, 0.25) is 0 Å². The van der Waals surface area contributed by atoms with Crippen molar-refractivity contribution in [2.45, 2.75) is 52.5 Å². The van der Waals surface area contributed by atoms with Crippen molar-refractivity contribution in [1.82, 2.24) is 4.90 Å². The van der Waals surface area contributed by atoms with Crippen LogP contribution in [-0.4, -0.2) is 41.4 Å². The molecule has 1 unspecified atom stereocenters. The number of hydrogen-bond acceptors (Lipinski definition) is 4. The van der Waals surface area contributed by atoms with E-state index in [1.807, 2.05) is 13.8 Å². The second kappa shape index (κ2) is 7.89. The van der Waals surface area contributed by atoms with Gasteiger partial charge in [0.15, 0.2) is 0 Å². The van der Waals surface area contributed by atoms with Crippen molar-refractivity contribution in [3.8, 4) is 0 Å². The van der Waals surface area contributed by atoms with E-state index >= 15 is 0 Å². The van der Waals surface area contributed by atoms with E-state index in [-0.39, 0.29) is 6.10 Å². The van der Waals surface area contributed by atoms with Gasteiger partial charge in [0.05, 0.1) is 18.8 Å². The molecule has 1 aromatic rings. The van der Waals surface area contributed by atoms with E-state index in [0.717, 1.165) is 6.54 Å². The van der Waals surface area contributed by atoms with Crippen molar-refractivity contribution in [1.29, 1.82) is 0 Å². The molecule has 1 N–H and O–H groups in total. The predicted molar refractivity (Wildman–Crippen MR) is 77.0 cm³/mol. The summed E-state index contributed by atoms with van der Waals surface area (Å²) in [5, 5.41) is 12.1. The van der Waals surface area contributed by atoms with Crippen LogP contribution in [0.5, 0.6) is 0 Å². The van der Waals surface area contributed by atoms with Gasteiger partial charge in [-0.05, 0) is 39.1 Å². The maximum atomic E-state index is 9.98. The van der Waals surface area contributed by atoms with Gasteiger partial charge in [0, 0.05) is 24.0 Å². The number of nitrogens with zero attached hydrogens (tertiary/aromatic N) is 1. The average molecular weight is 271 g/mol. The fraction of sp³-hybridized carbons (Fsp3) is 0.714. The highest BCUT2D eigenvalue weighted by molar-refractivity contribution is 7.09. The minimum Gasteiger partial charge on any atom is -0.389 e. The zero-order valence-corrected chi connectivity index (χ0v) is 12.6. The minimum absolute atomic E-state index is 0.171. The van der Waals surface area contributed by atoms with Crippen LogP contribution in [-0.2, 0) is 11.3 Å². The fourth-order valence-electron chi connectivity index (χ4n) is 1.69. The van der Waals surface area contributed by atoms with Crippen LogP contribution in [0.15, 0.2) is 17.5 Å². The summed E-state index contributed by atoms with van der Waals surface area (Å²) in [6.45, 7) is 10.2. The molecule has 1 heterocycles. The number of ether oxygens (including phenoxy) is 1. The van der Waals surface area contributed by atoms with Crippen LogP contribution in [0.4, 0.5) is 0 Å². The summed E-state index contributed by atoms with van der Waals surface area (Å²) in [4.78, 5) is 3.61. The topological polar surface area (TPSA) is 32.7 Å². The molecule has 0 fully saturated rings. The number of aliphatic hydroxyl groups is 1. The Balaban J connectivity index is 2.42. The van der Waals surface area contributed by atoms with Gasteiger partial charge in [-0.1, -0.05) is 6.07 Å². The van der Waals surface area contributed by atoms with Crippen LogP contribution in [0.3, 0.4) is 0 Å². The Kier molecular flexibility index (Phi) is 6.86. The highest BCUT2D eigenvalue weighted by atomic mass is 32.1. The number of rotatable bonds is 8. The lowest BCUT2D eigenvalue weighted by atomic mass is 10.2. The van der Waals surface area contributed by atoms with Gasteiger partial charge in [-0.2, -0.15) is 0 Å². The number of thiophene rings is 1. The molecule has 0 aliphatic heterocycles. The molecule has 3 nitrogen and oxygen atoms in total. The van der Waals surface area contributed by atoms with Crippen LogP contribution in [0.1, 0.15) is 32.6 Å². The van der Waals surface area contributed by atoms with Gasteiger partial charge in [0.1, 0.15) is 0 Å². The third-order valence-corrected chi connectivity index (χ3v) is 3.60. The molecular formula is C14H25NO2S. The van der Waals surface area contributed by atoms with Gasteiger partial charge in [0.25, 0.3) is 0 Å². The molecule has 0 spiro atoms. The quantitative estimate of drug-likeness (QED) is 0.789. The molecule has 104 valence electrons. The van der Waals surface area contributed by atoms with Crippen LogP contribution in [0.25, 0.3) is 0 Å². The monoisotopic (exact) mass is 271 g/mol. The third-order valence-electron chi connectivity index (χ3n) is 2.74. The maximum Gasteiger partial charge on any atom is 0.0900 e. The lowest BCUT2D eigenvalue weighted by Gasteiger charge is -2.28. The van der Waals surface area contributed by atoms with Gasteiger partial charge in [-0.3, -0.25) is 4.90 Å². The average Bonchev–Trinajstić information content (AvgIpc) is 2.78. The molecule has 0 radical (unpaired) electrons. The summed E-state index contributed by atoms with van der Waals surface area (Å²) in [7, 11) is 0. The molecule has 0 saturated carbocycles. The van der Waals surface area contributed by atoms with Gasteiger partial charge in [0.2, 0.25) is 0 Å². The summed E-state index contributed by atoms with van der Waals surface area (Å²) in [5.41, 5.74) is 0. The highest BCUT2D eigenvalue weighted by Gasteiger charge is 2.16. The highest BCUT2D eigenvalue weighted by Crippen LogP contribution is 2.14. The van der Waals surface area contributed by atoms with E-state index in [1.54, 1.807) is 11.3 Å². The Morgan fingerprint density at radius 3 is 2.56 bits per heavy atom. The van der Waals surface area contributed by atoms with Crippen LogP contribution >= 0.6 is 11.3 Å². The molecule has 0 aromatic carbocycles. The Morgan fingerprint density at radius 2 is 2.06 bits per heavy atom. The smallest absolute Gasteiger partial charge is 0.0900 e. The minimum atomic E-state index is -0.422. The maximum absolute atomic E-state index is 9.98. The largest absolute Gasteiger partial charge is 0.389 e. The molecule has 0 aliphatic carbocycles. The first-order chi connectivity index (χ1) is 8.49. The molecule has 0 bridgehead atoms. The van der Waals surface area contributed by atoms with E-state index in [0.29, 0.717) is 19.2 Å². The van der Waals surface area contributed by atoms with Gasteiger partial charge in [-0.25, -0.2) is 0 Å². The second-order valence-corrected chi connectivity index (χ2v) is 6.17. The fourth-order valence-corrected chi connectivity index (χ4v) is 2.42. The van der Waals surface area contributed by atoms with Gasteiger partial charge in [-0.15, -0.1) is 11.3 Å². The van der Waals surface area contributed by atoms with Crippen molar-refractivity contribution in [2.24, 2.45) is 0 Å². The van der Waals surface area contributed by atoms with E-state index in [2.05, 4.69) is 36.3 Å². The standard InChI is InChI=1S/C14H25NO2S/c1-11(2)15(9-14-6-5-7-18-14)8-13(16)10-17-12(3)4/h5-7,11-13,16H,8-10H2,1-4H3. The predicted octanol–water partition coefficient (Wildman–Crippen LogP) is 2.74. The van der Waals surface area contributed by atoms with Crippen molar-refractivity contribution >= 4 is 11.3 Å². The molecule has 0 amide bonds. The normalized spacial score (nSPS) is 13.8. The van der Waals surface area contributed by atoms with Gasteiger partial charge >= 0.3 is 0 Å². The second-order valence-electron chi connectivity index (χ2n) is 5.14. The van der Waals surface area contributed by atoms with E-state index in [1.165, 1.54) is 4.88 Å². The lowest BCUT2D eigenvalue weighted by molar-refractivity contribution is -0.0135. The third kappa shape index (κ3) is 5.96. The van der Waals surface area contributed by atoms with Crippen molar-refractivity contribution in [3.05, 3.63) is 22.4 Å². The number of hydrogen-bond donors (Lipinski definition) is 1. The summed E-state index contributed by atoms with van der Waals surface area (Å²) in [6, 6.07) is 4.62. The van der Waals surface area contributed by atoms with Crippen LogP contribution in [0, 0.1) is 0 Å². The van der Waals surface area contributed by atoms with E-state index in [4.69, 9.17) is 4.74 Å². The lowest BCUT2D eigenvalue weighted by Crippen LogP contribution is -2.39. The summed E-state index contributed by atoms with van der Waals surface area (Å²) in [5.74, 6) is 0. The molecule has 18 heavy (non-hydrogen) atoms. The zero-order chi connectivity index (χ0) is 13.5. The Labute approximate surface area is 114 Å². The SMILES string of the molecule is CC(C)OCC(O)CN(Cc1cccs1)C(C)C. The van der Waals surface area contributed by atoms with Crippen molar-refractivity contribution in [2.75, 3.05) is 13.2 Å². The van der Waals surface area contributed by atoms with E-state index in [9.17, 15) is 5.11 Å². The molecule has 1 rings (SSSR count). The summed E-state index contributed by atoms with van der Waals surface area (Å²) in [6.07, 6.45) is -0.251. The van der Waals surface area contributed by atoms with Crippen molar-refractivity contribution in [3.63, 3.8) is 0 Å². The molecule has 1 aromatic heterocycles. The molecular weight excluding hydrogens is 246 g/mol. The first-order valence-electron chi connectivity index (χ1n) is 6.55. The first kappa shape index (κ1) is 15.6. The number of aliphatic hydroxyl groups excluding tert-OH is 1. The van der Waals surface area contributed by atoms with E-state index < -0.39 is 6.10 Å². The molecule has 1 atom stereocenters. The van der Waals surface area contributed by atoms with Gasteiger partial charge < -0.3 is 9.84 Å². The zero-order valence-electron chi connectivity index (χ0n) is 11.8. The summed E-state index contributed by atoms with van der Waals surface area (Å²) < 4.78 is 5.45. The Morgan fingerprint density at radius 1 is 1.33 bits per heavy atom. The first-order valence-corrected chi connectivity index (χ1v) is 7.43. The molecule has 0 aliphatic rings. The Bertz CT molecular complexity index is 312. The molecule has 0 saturated heterocycles. The molecule has 4 heteroatoms. The van der Waals surface area contributed by atoms with Crippen molar-refractivity contribution < 1.29 is 9.84 Å². The summed E-state index contributed by atoms with van der Waals surface area (Å²) >= 11 is 1.76.